The van der Waals surface area contributed by atoms with Gasteiger partial charge in [0.1, 0.15) is 0 Å². The molecule has 1 aromatic carbocycles. The Morgan fingerprint density at radius 1 is 1.26 bits per heavy atom. The number of hydrogen-bond acceptors (Lipinski definition) is 3. The molecule has 1 atom stereocenters. The third-order valence-corrected chi connectivity index (χ3v) is 5.16. The van der Waals surface area contributed by atoms with Crippen LogP contribution in [0.3, 0.4) is 0 Å². The van der Waals surface area contributed by atoms with Gasteiger partial charge in [-0.1, -0.05) is 0 Å². The molecule has 0 aliphatic carbocycles. The van der Waals surface area contributed by atoms with Crippen LogP contribution < -0.4 is 0 Å². The van der Waals surface area contributed by atoms with Crippen LogP contribution in [0, 0.1) is 5.41 Å². The van der Waals surface area contributed by atoms with Gasteiger partial charge in [0.15, 0.2) is 0 Å². The lowest BCUT2D eigenvalue weighted by Gasteiger charge is -2.31. The van der Waals surface area contributed by atoms with E-state index in [0.29, 0.717) is 13.2 Å². The molecule has 0 bridgehead atoms. The number of aromatic amines is 1. The van der Waals surface area contributed by atoms with Gasteiger partial charge in [-0.05, 0) is 44.3 Å². The lowest BCUT2D eigenvalue weighted by atomic mass is 9.87. The van der Waals surface area contributed by atoms with Crippen molar-refractivity contribution in [2.75, 3.05) is 46.4 Å². The number of nitrogens with zero attached hydrogens (tertiary/aromatic N) is 2. The van der Waals surface area contributed by atoms with Crippen LogP contribution in [0.5, 0.6) is 0 Å². The van der Waals surface area contributed by atoms with E-state index in [9.17, 15) is 4.79 Å². The van der Waals surface area contributed by atoms with E-state index in [1.165, 1.54) is 0 Å². The first-order chi connectivity index (χ1) is 11.2. The van der Waals surface area contributed by atoms with Gasteiger partial charge in [-0.15, -0.1) is 0 Å². The van der Waals surface area contributed by atoms with E-state index in [1.807, 2.05) is 35.4 Å². The van der Waals surface area contributed by atoms with Crippen LogP contribution in [0.25, 0.3) is 10.9 Å². The van der Waals surface area contributed by atoms with Crippen molar-refractivity contribution < 1.29 is 9.53 Å². The number of carbonyl (C=O) groups excluding carboxylic acids is 1. The smallest absolute Gasteiger partial charge is 0.253 e. The second kappa shape index (κ2) is 5.65. The summed E-state index contributed by atoms with van der Waals surface area (Å²) >= 11 is 0. The number of benzene rings is 1. The van der Waals surface area contributed by atoms with Gasteiger partial charge in [-0.3, -0.25) is 4.79 Å². The zero-order valence-electron chi connectivity index (χ0n) is 13.5. The van der Waals surface area contributed by atoms with E-state index in [-0.39, 0.29) is 11.3 Å². The summed E-state index contributed by atoms with van der Waals surface area (Å²) in [5.74, 6) is 0.118. The van der Waals surface area contributed by atoms with Gasteiger partial charge in [-0.25, -0.2) is 0 Å². The van der Waals surface area contributed by atoms with Crippen LogP contribution >= 0.6 is 0 Å². The molecule has 1 unspecified atom stereocenters. The lowest BCUT2D eigenvalue weighted by Crippen LogP contribution is -2.43. The minimum Gasteiger partial charge on any atom is -0.379 e. The number of aromatic nitrogens is 1. The topological polar surface area (TPSA) is 48.6 Å². The highest BCUT2D eigenvalue weighted by Crippen LogP contribution is 2.33. The molecule has 4 rings (SSSR count). The molecule has 23 heavy (non-hydrogen) atoms. The number of fused-ring (bicyclic) bond motifs is 1. The molecular weight excluding hydrogens is 290 g/mol. The summed E-state index contributed by atoms with van der Waals surface area (Å²) in [4.78, 5) is 20.5. The molecule has 0 saturated carbocycles. The maximum absolute atomic E-state index is 13.0. The highest BCUT2D eigenvalue weighted by Gasteiger charge is 2.41. The first kappa shape index (κ1) is 14.7. The molecule has 2 aliphatic rings. The quantitative estimate of drug-likeness (QED) is 0.875. The number of H-pyrrole nitrogens is 1. The van der Waals surface area contributed by atoms with E-state index in [4.69, 9.17) is 4.74 Å². The standard InChI is InChI=1S/C18H23N3O2/c1-20-7-5-18(11-20)12-21(8-9-23-13-18)17(22)15-2-3-16-14(10-15)4-6-19-16/h2-4,6,10,19H,5,7-9,11-13H2,1H3. The van der Waals surface area contributed by atoms with E-state index in [0.717, 1.165) is 49.1 Å². The first-order valence-electron chi connectivity index (χ1n) is 8.28. The van der Waals surface area contributed by atoms with Crippen LogP contribution in [-0.4, -0.2) is 67.1 Å². The highest BCUT2D eigenvalue weighted by molar-refractivity contribution is 5.98. The summed E-state index contributed by atoms with van der Waals surface area (Å²) in [5.41, 5.74) is 1.93. The molecule has 2 aliphatic heterocycles. The summed E-state index contributed by atoms with van der Waals surface area (Å²) in [6.45, 7) is 4.95. The average Bonchev–Trinajstić information content (AvgIpc) is 3.09. The summed E-state index contributed by atoms with van der Waals surface area (Å²) in [5, 5.41) is 1.08. The summed E-state index contributed by atoms with van der Waals surface area (Å²) < 4.78 is 5.83. The van der Waals surface area contributed by atoms with Crippen molar-refractivity contribution in [1.29, 1.82) is 0 Å². The fourth-order valence-corrected chi connectivity index (χ4v) is 3.94. The Morgan fingerprint density at radius 2 is 2.17 bits per heavy atom. The molecule has 0 radical (unpaired) electrons. The third-order valence-electron chi connectivity index (χ3n) is 5.16. The molecule has 1 spiro atoms. The summed E-state index contributed by atoms with van der Waals surface area (Å²) in [6, 6.07) is 7.88. The maximum atomic E-state index is 13.0. The molecule has 1 aromatic heterocycles. The average molecular weight is 313 g/mol. The molecule has 2 saturated heterocycles. The van der Waals surface area contributed by atoms with Crippen molar-refractivity contribution in [1.82, 2.24) is 14.8 Å². The SMILES string of the molecule is CN1CCC2(COCCN(C(=O)c3ccc4[nH]ccc4c3)C2)C1. The Balaban J connectivity index is 1.58. The molecule has 5 nitrogen and oxygen atoms in total. The lowest BCUT2D eigenvalue weighted by molar-refractivity contribution is 0.0659. The highest BCUT2D eigenvalue weighted by atomic mass is 16.5. The van der Waals surface area contributed by atoms with Crippen molar-refractivity contribution in [2.45, 2.75) is 6.42 Å². The minimum absolute atomic E-state index is 0.0963. The first-order valence-corrected chi connectivity index (χ1v) is 8.28. The fraction of sp³-hybridized carbons (Fsp3) is 0.500. The second-order valence-corrected chi connectivity index (χ2v) is 7.05. The Labute approximate surface area is 136 Å². The Morgan fingerprint density at radius 3 is 3.00 bits per heavy atom. The maximum Gasteiger partial charge on any atom is 0.253 e. The van der Waals surface area contributed by atoms with Gasteiger partial charge in [0.2, 0.25) is 0 Å². The monoisotopic (exact) mass is 313 g/mol. The van der Waals surface area contributed by atoms with Gasteiger partial charge >= 0.3 is 0 Å². The van der Waals surface area contributed by atoms with Crippen LogP contribution in [0.2, 0.25) is 0 Å². The zero-order chi connectivity index (χ0) is 15.9. The minimum atomic E-state index is 0.0963. The van der Waals surface area contributed by atoms with E-state index >= 15 is 0 Å². The summed E-state index contributed by atoms with van der Waals surface area (Å²) in [6.07, 6.45) is 3.01. The molecule has 2 aromatic rings. The van der Waals surface area contributed by atoms with Gasteiger partial charge < -0.3 is 19.5 Å². The van der Waals surface area contributed by atoms with E-state index in [1.54, 1.807) is 0 Å². The molecule has 3 heterocycles. The van der Waals surface area contributed by atoms with Crippen LogP contribution in [-0.2, 0) is 4.74 Å². The Bertz CT molecular complexity index is 726. The third kappa shape index (κ3) is 2.75. The number of nitrogens with one attached hydrogen (secondary N) is 1. The number of ether oxygens (including phenoxy) is 1. The van der Waals surface area contributed by atoms with Crippen molar-refractivity contribution in [3.05, 3.63) is 36.0 Å². The molecule has 122 valence electrons. The van der Waals surface area contributed by atoms with Crippen molar-refractivity contribution in [2.24, 2.45) is 5.41 Å². The molecule has 1 N–H and O–H groups in total. The van der Waals surface area contributed by atoms with Crippen molar-refractivity contribution in [3.63, 3.8) is 0 Å². The molecule has 1 amide bonds. The molecule has 2 fully saturated rings. The number of carbonyl (C=O) groups is 1. The molecule has 5 heteroatoms. The van der Waals surface area contributed by atoms with Crippen LogP contribution in [0.1, 0.15) is 16.8 Å². The van der Waals surface area contributed by atoms with Gasteiger partial charge in [0.25, 0.3) is 5.91 Å². The zero-order valence-corrected chi connectivity index (χ0v) is 13.5. The largest absolute Gasteiger partial charge is 0.379 e. The fourth-order valence-electron chi connectivity index (χ4n) is 3.94. The van der Waals surface area contributed by atoms with E-state index in [2.05, 4.69) is 16.9 Å². The predicted molar refractivity (Wildman–Crippen MR) is 89.6 cm³/mol. The van der Waals surface area contributed by atoms with Gasteiger partial charge in [0.05, 0.1) is 13.2 Å². The van der Waals surface area contributed by atoms with E-state index < -0.39 is 0 Å². The Hall–Kier alpha value is -1.85. The molecular formula is C18H23N3O2. The van der Waals surface area contributed by atoms with Gasteiger partial charge in [0, 0.05) is 47.7 Å². The Kier molecular flexibility index (Phi) is 3.62. The summed E-state index contributed by atoms with van der Waals surface area (Å²) in [7, 11) is 2.14. The van der Waals surface area contributed by atoms with Gasteiger partial charge in [-0.2, -0.15) is 0 Å². The number of amides is 1. The number of rotatable bonds is 1. The number of likely N-dealkylation sites (tertiary alicyclic amines) is 1. The number of hydrogen-bond donors (Lipinski definition) is 1. The van der Waals surface area contributed by atoms with Crippen molar-refractivity contribution >= 4 is 16.8 Å². The predicted octanol–water partition coefficient (Wildman–Crippen LogP) is 1.96. The van der Waals surface area contributed by atoms with Crippen LogP contribution in [0.4, 0.5) is 0 Å². The van der Waals surface area contributed by atoms with Crippen molar-refractivity contribution in [3.8, 4) is 0 Å². The van der Waals surface area contributed by atoms with Crippen LogP contribution in [0.15, 0.2) is 30.5 Å². The second-order valence-electron chi connectivity index (χ2n) is 7.05. The normalized spacial score (nSPS) is 26.0.